The first-order valence-electron chi connectivity index (χ1n) is 7.79. The van der Waals surface area contributed by atoms with Gasteiger partial charge >= 0.3 is 0 Å². The number of aryl methyl sites for hydroxylation is 1. The number of hydrogen-bond donors (Lipinski definition) is 1. The van der Waals surface area contributed by atoms with Gasteiger partial charge in [0, 0.05) is 19.7 Å². The van der Waals surface area contributed by atoms with Crippen molar-refractivity contribution in [3.63, 3.8) is 0 Å². The molecule has 0 radical (unpaired) electrons. The fourth-order valence-electron chi connectivity index (χ4n) is 3.24. The molecule has 20 heavy (non-hydrogen) atoms. The summed E-state index contributed by atoms with van der Waals surface area (Å²) in [6, 6.07) is 0.578. The van der Waals surface area contributed by atoms with Crippen LogP contribution < -0.4 is 5.32 Å². The maximum atomic E-state index is 5.91. The van der Waals surface area contributed by atoms with E-state index in [1.165, 1.54) is 25.0 Å². The Balaban J connectivity index is 1.50. The van der Waals surface area contributed by atoms with Gasteiger partial charge in [0.15, 0.2) is 0 Å². The van der Waals surface area contributed by atoms with E-state index in [-0.39, 0.29) is 6.10 Å². The molecule has 0 aromatic carbocycles. The van der Waals surface area contributed by atoms with Gasteiger partial charge in [-0.3, -0.25) is 0 Å². The van der Waals surface area contributed by atoms with Crippen LogP contribution in [-0.2, 0) is 11.8 Å². The van der Waals surface area contributed by atoms with Gasteiger partial charge in [0.2, 0.25) is 0 Å². The molecule has 1 aliphatic carbocycles. The van der Waals surface area contributed by atoms with Crippen LogP contribution in [0.25, 0.3) is 0 Å². The number of hydrogen-bond acceptors (Lipinski definition) is 3. The summed E-state index contributed by atoms with van der Waals surface area (Å²) in [6.07, 6.45) is 14.6. The topological polar surface area (TPSA) is 39.1 Å². The monoisotopic (exact) mass is 275 g/mol. The third kappa shape index (κ3) is 3.30. The smallest absolute Gasteiger partial charge is 0.100 e. The van der Waals surface area contributed by atoms with E-state index < -0.39 is 0 Å². The lowest BCUT2D eigenvalue weighted by atomic mass is 9.93. The summed E-state index contributed by atoms with van der Waals surface area (Å²) in [5.41, 5.74) is 1.19. The molecular formula is C16H25N3O. The van der Waals surface area contributed by atoms with Crippen LogP contribution in [0.1, 0.15) is 43.9 Å². The molecule has 1 aliphatic heterocycles. The number of nitrogens with zero attached hydrogens (tertiary/aromatic N) is 2. The first kappa shape index (κ1) is 13.8. The van der Waals surface area contributed by atoms with Gasteiger partial charge in [0.1, 0.15) is 6.10 Å². The molecule has 4 nitrogen and oxygen atoms in total. The second-order valence-corrected chi connectivity index (χ2v) is 6.07. The molecule has 1 N–H and O–H groups in total. The van der Waals surface area contributed by atoms with Crippen molar-refractivity contribution in [2.75, 3.05) is 13.2 Å². The lowest BCUT2D eigenvalue weighted by molar-refractivity contribution is -0.00435. The van der Waals surface area contributed by atoms with E-state index in [1.807, 2.05) is 19.6 Å². The Morgan fingerprint density at radius 1 is 1.40 bits per heavy atom. The van der Waals surface area contributed by atoms with E-state index in [1.54, 1.807) is 0 Å². The zero-order valence-electron chi connectivity index (χ0n) is 12.3. The summed E-state index contributed by atoms with van der Waals surface area (Å²) in [6.45, 7) is 1.99. The van der Waals surface area contributed by atoms with Gasteiger partial charge in [-0.25, -0.2) is 4.98 Å². The Morgan fingerprint density at radius 2 is 2.35 bits per heavy atom. The van der Waals surface area contributed by atoms with E-state index in [2.05, 4.69) is 27.0 Å². The Kier molecular flexibility index (Phi) is 4.53. The van der Waals surface area contributed by atoms with Crippen molar-refractivity contribution in [2.24, 2.45) is 13.0 Å². The van der Waals surface area contributed by atoms with Crippen LogP contribution in [-0.4, -0.2) is 28.7 Å². The highest BCUT2D eigenvalue weighted by Crippen LogP contribution is 2.28. The van der Waals surface area contributed by atoms with Crippen LogP contribution in [0.3, 0.4) is 0 Å². The maximum Gasteiger partial charge on any atom is 0.100 e. The van der Waals surface area contributed by atoms with Crippen molar-refractivity contribution < 1.29 is 4.74 Å². The Hall–Kier alpha value is -1.13. The molecule has 0 bridgehead atoms. The molecule has 1 fully saturated rings. The molecule has 0 saturated carbocycles. The molecule has 0 unspecified atom stereocenters. The van der Waals surface area contributed by atoms with Crippen molar-refractivity contribution in [3.8, 4) is 0 Å². The van der Waals surface area contributed by atoms with Crippen LogP contribution in [0.2, 0.25) is 0 Å². The maximum absolute atomic E-state index is 5.91. The average Bonchev–Trinajstić information content (AvgIpc) is 2.93. The largest absolute Gasteiger partial charge is 0.372 e. The SMILES string of the molecule is Cn1cncc1[C@@H]1C[C@@H](NC[C@H]2CC=CCC2)CCO1. The minimum Gasteiger partial charge on any atom is -0.372 e. The molecule has 1 saturated heterocycles. The number of imidazole rings is 1. The second kappa shape index (κ2) is 6.55. The fraction of sp³-hybridized carbons (Fsp3) is 0.688. The predicted molar refractivity (Wildman–Crippen MR) is 79.4 cm³/mol. The number of allylic oxidation sites excluding steroid dienone is 2. The quantitative estimate of drug-likeness (QED) is 0.858. The van der Waals surface area contributed by atoms with Gasteiger partial charge in [-0.2, -0.15) is 0 Å². The first-order chi connectivity index (χ1) is 9.83. The molecule has 2 heterocycles. The van der Waals surface area contributed by atoms with E-state index in [0.29, 0.717) is 6.04 Å². The molecule has 110 valence electrons. The van der Waals surface area contributed by atoms with Gasteiger partial charge < -0.3 is 14.6 Å². The van der Waals surface area contributed by atoms with Crippen LogP contribution in [0.5, 0.6) is 0 Å². The molecule has 4 heteroatoms. The lowest BCUT2D eigenvalue weighted by Crippen LogP contribution is -2.39. The molecule has 0 spiro atoms. The molecule has 1 aromatic heterocycles. The molecule has 3 rings (SSSR count). The third-order valence-electron chi connectivity index (χ3n) is 4.54. The highest BCUT2D eigenvalue weighted by atomic mass is 16.5. The van der Waals surface area contributed by atoms with Crippen LogP contribution in [0.15, 0.2) is 24.7 Å². The summed E-state index contributed by atoms with van der Waals surface area (Å²) >= 11 is 0. The summed E-state index contributed by atoms with van der Waals surface area (Å²) in [5, 5.41) is 3.76. The van der Waals surface area contributed by atoms with Crippen molar-refractivity contribution in [3.05, 3.63) is 30.4 Å². The Bertz CT molecular complexity index is 454. The van der Waals surface area contributed by atoms with Gasteiger partial charge in [-0.1, -0.05) is 12.2 Å². The van der Waals surface area contributed by atoms with Crippen LogP contribution >= 0.6 is 0 Å². The Morgan fingerprint density at radius 3 is 3.10 bits per heavy atom. The summed E-state index contributed by atoms with van der Waals surface area (Å²) in [4.78, 5) is 4.20. The van der Waals surface area contributed by atoms with E-state index >= 15 is 0 Å². The Labute approximate surface area is 121 Å². The summed E-state index contributed by atoms with van der Waals surface area (Å²) in [5.74, 6) is 0.818. The minimum atomic E-state index is 0.194. The molecule has 2 aliphatic rings. The van der Waals surface area contributed by atoms with E-state index in [9.17, 15) is 0 Å². The van der Waals surface area contributed by atoms with Gasteiger partial charge in [-0.15, -0.1) is 0 Å². The normalized spacial score (nSPS) is 30.6. The molecular weight excluding hydrogens is 250 g/mol. The summed E-state index contributed by atoms with van der Waals surface area (Å²) < 4.78 is 7.98. The predicted octanol–water partition coefficient (Wildman–Crippen LogP) is 2.59. The van der Waals surface area contributed by atoms with E-state index in [4.69, 9.17) is 4.74 Å². The molecule has 0 amide bonds. The second-order valence-electron chi connectivity index (χ2n) is 6.07. The van der Waals surface area contributed by atoms with Crippen LogP contribution in [0.4, 0.5) is 0 Å². The van der Waals surface area contributed by atoms with Crippen molar-refractivity contribution in [2.45, 2.75) is 44.2 Å². The number of nitrogens with one attached hydrogen (secondary N) is 1. The number of aromatic nitrogens is 2. The first-order valence-corrected chi connectivity index (χ1v) is 7.79. The van der Waals surface area contributed by atoms with Crippen molar-refractivity contribution >= 4 is 0 Å². The highest BCUT2D eigenvalue weighted by molar-refractivity contribution is 5.04. The molecule has 3 atom stereocenters. The van der Waals surface area contributed by atoms with Gasteiger partial charge in [0.25, 0.3) is 0 Å². The number of rotatable bonds is 4. The van der Waals surface area contributed by atoms with Gasteiger partial charge in [-0.05, 0) is 44.6 Å². The average molecular weight is 275 g/mol. The minimum absolute atomic E-state index is 0.194. The number of ether oxygens (including phenoxy) is 1. The zero-order chi connectivity index (χ0) is 13.8. The highest BCUT2D eigenvalue weighted by Gasteiger charge is 2.26. The zero-order valence-corrected chi connectivity index (χ0v) is 12.3. The van der Waals surface area contributed by atoms with E-state index in [0.717, 1.165) is 31.9 Å². The summed E-state index contributed by atoms with van der Waals surface area (Å²) in [7, 11) is 2.04. The third-order valence-corrected chi connectivity index (χ3v) is 4.54. The van der Waals surface area contributed by atoms with Crippen LogP contribution in [0, 0.1) is 5.92 Å². The standard InChI is InChI=1S/C16H25N3O/c1-19-12-17-11-15(19)16-9-14(7-8-20-16)18-10-13-5-3-2-4-6-13/h2-3,11-14,16,18H,4-10H2,1H3/t13-,14-,16-/m0/s1. The van der Waals surface area contributed by atoms with Gasteiger partial charge in [0.05, 0.1) is 18.2 Å². The lowest BCUT2D eigenvalue weighted by Gasteiger charge is -2.31. The molecule has 1 aromatic rings. The van der Waals surface area contributed by atoms with Crippen molar-refractivity contribution in [1.82, 2.24) is 14.9 Å². The fourth-order valence-corrected chi connectivity index (χ4v) is 3.24. The van der Waals surface area contributed by atoms with Crippen molar-refractivity contribution in [1.29, 1.82) is 0 Å².